The van der Waals surface area contributed by atoms with Crippen LogP contribution in [0.1, 0.15) is 18.1 Å². The Morgan fingerprint density at radius 3 is 2.84 bits per heavy atom. The molecule has 0 fully saturated rings. The van der Waals surface area contributed by atoms with Crippen molar-refractivity contribution in [2.24, 2.45) is 0 Å². The Hall–Kier alpha value is -3.10. The molecule has 158 valence electrons. The number of fused-ring (bicyclic) bond motifs is 1. The van der Waals surface area contributed by atoms with E-state index >= 15 is 0 Å². The number of nitrogens with zero attached hydrogens (tertiary/aromatic N) is 4. The predicted octanol–water partition coefficient (Wildman–Crippen LogP) is 4.21. The van der Waals surface area contributed by atoms with E-state index in [0.717, 1.165) is 21.6 Å². The van der Waals surface area contributed by atoms with Gasteiger partial charge in [-0.1, -0.05) is 54.6 Å². The molecule has 0 aliphatic carbocycles. The topological polar surface area (TPSA) is 81.3 Å². The second-order valence-corrected chi connectivity index (χ2v) is 8.40. The molecule has 2 aromatic heterocycles. The number of aryl methyl sites for hydroxylation is 2. The fourth-order valence-electron chi connectivity index (χ4n) is 3.16. The second-order valence-electron chi connectivity index (χ2n) is 6.94. The van der Waals surface area contributed by atoms with Gasteiger partial charge >= 0.3 is 5.69 Å². The third-order valence-corrected chi connectivity index (χ3v) is 6.13. The fraction of sp³-hybridized carbons (Fsp3) is 0.182. The van der Waals surface area contributed by atoms with Gasteiger partial charge in [0.25, 0.3) is 0 Å². The van der Waals surface area contributed by atoms with Gasteiger partial charge in [-0.25, -0.2) is 18.9 Å². The van der Waals surface area contributed by atoms with Crippen LogP contribution in [0.5, 0.6) is 0 Å². The van der Waals surface area contributed by atoms with E-state index in [0.29, 0.717) is 21.4 Å². The molecule has 0 atom stereocenters. The number of rotatable bonds is 6. The van der Waals surface area contributed by atoms with Gasteiger partial charge in [0.15, 0.2) is 5.65 Å². The SMILES string of the molecule is CCc1ccccc1Sc1nccn2c(=O)n(CC(=O)Nc3cc(Cl)ccc3C)nc12. The van der Waals surface area contributed by atoms with Crippen LogP contribution in [0.2, 0.25) is 5.02 Å². The molecular formula is C22H20ClN5O2S. The van der Waals surface area contributed by atoms with Gasteiger partial charge in [0.2, 0.25) is 5.91 Å². The lowest BCUT2D eigenvalue weighted by atomic mass is 10.2. The first-order valence-corrected chi connectivity index (χ1v) is 10.9. The summed E-state index contributed by atoms with van der Waals surface area (Å²) in [7, 11) is 0. The Bertz CT molecular complexity index is 1330. The summed E-state index contributed by atoms with van der Waals surface area (Å²) in [5.74, 6) is -0.366. The Morgan fingerprint density at radius 1 is 1.23 bits per heavy atom. The monoisotopic (exact) mass is 453 g/mol. The van der Waals surface area contributed by atoms with Gasteiger partial charge in [-0.2, -0.15) is 0 Å². The molecular weight excluding hydrogens is 434 g/mol. The molecule has 0 bridgehead atoms. The predicted molar refractivity (Wildman–Crippen MR) is 122 cm³/mol. The average Bonchev–Trinajstić information content (AvgIpc) is 3.07. The van der Waals surface area contributed by atoms with Gasteiger partial charge in [0.1, 0.15) is 11.6 Å². The molecule has 0 radical (unpaired) electrons. The molecule has 0 saturated heterocycles. The normalized spacial score (nSPS) is 11.1. The standard InChI is InChI=1S/C22H20ClN5O2S/c1-3-15-6-4-5-7-18(15)31-21-20-26-28(22(30)27(20)11-10-24-21)13-19(29)25-17-12-16(23)9-8-14(17)2/h4-12H,3,13H2,1-2H3,(H,25,29). The maximum absolute atomic E-state index is 12.8. The molecule has 0 aliphatic heterocycles. The highest BCUT2D eigenvalue weighted by molar-refractivity contribution is 7.99. The largest absolute Gasteiger partial charge is 0.350 e. The van der Waals surface area contributed by atoms with Gasteiger partial charge in [0.05, 0.1) is 0 Å². The number of carbonyl (C=O) groups is 1. The summed E-state index contributed by atoms with van der Waals surface area (Å²) in [5.41, 5.74) is 2.67. The summed E-state index contributed by atoms with van der Waals surface area (Å²) in [6, 6.07) is 13.3. The smallest absolute Gasteiger partial charge is 0.324 e. The summed E-state index contributed by atoms with van der Waals surface area (Å²) in [4.78, 5) is 30.8. The van der Waals surface area contributed by atoms with Crippen molar-refractivity contribution in [3.63, 3.8) is 0 Å². The Kier molecular flexibility index (Phi) is 6.11. The van der Waals surface area contributed by atoms with Crippen LogP contribution in [0.15, 0.2) is 69.6 Å². The van der Waals surface area contributed by atoms with Gasteiger partial charge < -0.3 is 5.32 Å². The van der Waals surface area contributed by atoms with Crippen molar-refractivity contribution in [2.75, 3.05) is 5.32 Å². The molecule has 2 heterocycles. The van der Waals surface area contributed by atoms with Crippen molar-refractivity contribution >= 4 is 40.6 Å². The van der Waals surface area contributed by atoms with Crippen LogP contribution in [-0.2, 0) is 17.8 Å². The number of halogens is 1. The summed E-state index contributed by atoms with van der Waals surface area (Å²) in [5, 5.41) is 8.29. The number of anilines is 1. The maximum atomic E-state index is 12.8. The molecule has 31 heavy (non-hydrogen) atoms. The minimum Gasteiger partial charge on any atom is -0.324 e. The zero-order valence-electron chi connectivity index (χ0n) is 17.0. The van der Waals surface area contributed by atoms with E-state index in [1.54, 1.807) is 24.5 Å². The molecule has 7 nitrogen and oxygen atoms in total. The van der Waals surface area contributed by atoms with Crippen LogP contribution < -0.4 is 11.0 Å². The maximum Gasteiger partial charge on any atom is 0.350 e. The van der Waals surface area contributed by atoms with Crippen LogP contribution in [0, 0.1) is 6.92 Å². The van der Waals surface area contributed by atoms with Crippen LogP contribution in [-0.4, -0.2) is 25.1 Å². The molecule has 1 N–H and O–H groups in total. The van der Waals surface area contributed by atoms with Gasteiger partial charge in [-0.15, -0.1) is 5.10 Å². The number of hydrogen-bond donors (Lipinski definition) is 1. The highest BCUT2D eigenvalue weighted by Gasteiger charge is 2.16. The number of nitrogens with one attached hydrogen (secondary N) is 1. The molecule has 0 unspecified atom stereocenters. The highest BCUT2D eigenvalue weighted by atomic mass is 35.5. The van der Waals surface area contributed by atoms with Crippen LogP contribution in [0.3, 0.4) is 0 Å². The zero-order valence-corrected chi connectivity index (χ0v) is 18.6. The lowest BCUT2D eigenvalue weighted by molar-refractivity contribution is -0.117. The third-order valence-electron chi connectivity index (χ3n) is 4.80. The van der Waals surface area contributed by atoms with E-state index in [4.69, 9.17) is 11.6 Å². The summed E-state index contributed by atoms with van der Waals surface area (Å²) in [6.45, 7) is 3.74. The molecule has 1 amide bonds. The van der Waals surface area contributed by atoms with E-state index in [1.165, 1.54) is 21.7 Å². The minimum atomic E-state index is -0.402. The summed E-state index contributed by atoms with van der Waals surface area (Å²) < 4.78 is 2.55. The van der Waals surface area contributed by atoms with Crippen molar-refractivity contribution in [1.82, 2.24) is 19.2 Å². The van der Waals surface area contributed by atoms with Crippen LogP contribution in [0.25, 0.3) is 5.65 Å². The fourth-order valence-corrected chi connectivity index (χ4v) is 4.37. The molecule has 2 aromatic carbocycles. The number of hydrogen-bond acceptors (Lipinski definition) is 5. The number of benzene rings is 2. The van der Waals surface area contributed by atoms with Crippen LogP contribution >= 0.6 is 23.4 Å². The van der Waals surface area contributed by atoms with Gasteiger partial charge in [-0.05, 0) is 42.7 Å². The number of carbonyl (C=O) groups excluding carboxylic acids is 1. The Balaban J connectivity index is 1.62. The molecule has 4 rings (SSSR count). The average molecular weight is 454 g/mol. The van der Waals surface area contributed by atoms with E-state index in [2.05, 4.69) is 28.4 Å². The lowest BCUT2D eigenvalue weighted by Crippen LogP contribution is -2.28. The van der Waals surface area contributed by atoms with Crippen molar-refractivity contribution in [3.05, 3.63) is 81.5 Å². The molecule has 4 aromatic rings. The second kappa shape index (κ2) is 8.95. The third kappa shape index (κ3) is 4.50. The summed E-state index contributed by atoms with van der Waals surface area (Å²) in [6.07, 6.45) is 4.00. The van der Waals surface area contributed by atoms with Gasteiger partial charge in [-0.3, -0.25) is 4.79 Å². The van der Waals surface area contributed by atoms with Crippen molar-refractivity contribution in [2.45, 2.75) is 36.7 Å². The minimum absolute atomic E-state index is 0.220. The molecule has 0 aliphatic rings. The molecule has 9 heteroatoms. The van der Waals surface area contributed by atoms with E-state index < -0.39 is 5.69 Å². The van der Waals surface area contributed by atoms with E-state index in [-0.39, 0.29) is 12.5 Å². The van der Waals surface area contributed by atoms with Crippen molar-refractivity contribution in [3.8, 4) is 0 Å². The van der Waals surface area contributed by atoms with Crippen molar-refractivity contribution < 1.29 is 4.79 Å². The van der Waals surface area contributed by atoms with Crippen molar-refractivity contribution in [1.29, 1.82) is 0 Å². The zero-order chi connectivity index (χ0) is 22.0. The quantitative estimate of drug-likeness (QED) is 0.473. The van der Waals surface area contributed by atoms with Crippen LogP contribution in [0.4, 0.5) is 5.69 Å². The number of amides is 1. The van der Waals surface area contributed by atoms with Gasteiger partial charge in [0, 0.05) is 28.0 Å². The first-order valence-electron chi connectivity index (χ1n) is 9.72. The molecule has 0 spiro atoms. The van der Waals surface area contributed by atoms with E-state index in [9.17, 15) is 9.59 Å². The van der Waals surface area contributed by atoms with E-state index in [1.807, 2.05) is 31.2 Å². The highest BCUT2D eigenvalue weighted by Crippen LogP contribution is 2.31. The Labute approximate surface area is 188 Å². The lowest BCUT2D eigenvalue weighted by Gasteiger charge is -2.08. The molecule has 0 saturated carbocycles. The first kappa shape index (κ1) is 21.1. The number of aromatic nitrogens is 4. The summed E-state index contributed by atoms with van der Waals surface area (Å²) >= 11 is 7.47. The first-order chi connectivity index (χ1) is 15.0. The Morgan fingerprint density at radius 2 is 2.03 bits per heavy atom.